The van der Waals surface area contributed by atoms with E-state index in [1.54, 1.807) is 14.2 Å². The number of hydrogen-bond acceptors (Lipinski definition) is 6. The second-order valence-corrected chi connectivity index (χ2v) is 6.32. The van der Waals surface area contributed by atoms with Crippen molar-refractivity contribution >= 4 is 12.0 Å². The second-order valence-electron chi connectivity index (χ2n) is 6.32. The molecule has 0 aromatic heterocycles. The van der Waals surface area contributed by atoms with Gasteiger partial charge in [0.25, 0.3) is 0 Å². The van der Waals surface area contributed by atoms with E-state index < -0.39 is 6.09 Å². The van der Waals surface area contributed by atoms with Crippen LogP contribution in [0.5, 0.6) is 0 Å². The molecule has 0 saturated carbocycles. The van der Waals surface area contributed by atoms with Gasteiger partial charge in [-0.25, -0.2) is 4.79 Å². The van der Waals surface area contributed by atoms with E-state index in [0.717, 1.165) is 38.6 Å². The number of alkyl carbamates (subject to hydrolysis) is 1. The van der Waals surface area contributed by atoms with Gasteiger partial charge in [-0.05, 0) is 25.7 Å². The number of rotatable bonds is 18. The van der Waals surface area contributed by atoms with Gasteiger partial charge < -0.3 is 29.6 Å². The second kappa shape index (κ2) is 19.4. The Morgan fingerprint density at radius 3 is 2.33 bits per heavy atom. The first-order valence-electron chi connectivity index (χ1n) is 9.90. The fourth-order valence-corrected chi connectivity index (χ4v) is 2.24. The first kappa shape index (κ1) is 25.6. The Hall–Kier alpha value is -1.38. The van der Waals surface area contributed by atoms with Crippen molar-refractivity contribution in [3.05, 3.63) is 0 Å². The molecule has 2 amide bonds. The highest BCUT2D eigenvalue weighted by molar-refractivity contribution is 5.75. The summed E-state index contributed by atoms with van der Waals surface area (Å²) in [6.45, 7) is 5.12. The Kier molecular flexibility index (Phi) is 18.4. The van der Waals surface area contributed by atoms with Crippen LogP contribution < -0.4 is 10.6 Å². The van der Waals surface area contributed by atoms with E-state index in [9.17, 15) is 9.59 Å². The fourth-order valence-electron chi connectivity index (χ4n) is 2.24. The van der Waals surface area contributed by atoms with E-state index in [-0.39, 0.29) is 18.6 Å². The molecule has 0 radical (unpaired) electrons. The zero-order chi connectivity index (χ0) is 20.2. The summed E-state index contributed by atoms with van der Waals surface area (Å²) in [5.74, 6) is 0.120. The summed E-state index contributed by atoms with van der Waals surface area (Å²) >= 11 is 0. The van der Waals surface area contributed by atoms with Gasteiger partial charge in [-0.15, -0.1) is 0 Å². The van der Waals surface area contributed by atoms with Crippen molar-refractivity contribution < 1.29 is 28.5 Å². The van der Waals surface area contributed by atoms with Crippen LogP contribution in [0, 0.1) is 0 Å². The third kappa shape index (κ3) is 17.8. The highest BCUT2D eigenvalue weighted by atomic mass is 16.6. The van der Waals surface area contributed by atoms with Crippen LogP contribution in [0.1, 0.15) is 51.9 Å². The van der Waals surface area contributed by atoms with Gasteiger partial charge in [0.2, 0.25) is 5.91 Å². The highest BCUT2D eigenvalue weighted by Crippen LogP contribution is 1.98. The van der Waals surface area contributed by atoms with Gasteiger partial charge in [-0.3, -0.25) is 4.79 Å². The fraction of sp³-hybridized carbons (Fsp3) is 0.895. The number of unbranched alkanes of at least 4 members (excludes halogenated alkanes) is 3. The van der Waals surface area contributed by atoms with Gasteiger partial charge in [0, 0.05) is 46.9 Å². The molecule has 0 heterocycles. The van der Waals surface area contributed by atoms with E-state index in [2.05, 4.69) is 17.6 Å². The normalized spacial score (nSPS) is 11.8. The van der Waals surface area contributed by atoms with E-state index in [1.165, 1.54) is 0 Å². The topological polar surface area (TPSA) is 95.1 Å². The molecule has 0 bridgehead atoms. The average Bonchev–Trinajstić information content (AvgIpc) is 2.67. The minimum Gasteiger partial charge on any atom is -0.447 e. The quantitative estimate of drug-likeness (QED) is 0.349. The van der Waals surface area contributed by atoms with E-state index in [4.69, 9.17) is 18.9 Å². The van der Waals surface area contributed by atoms with Crippen molar-refractivity contribution in [1.82, 2.24) is 10.6 Å². The highest BCUT2D eigenvalue weighted by Gasteiger charge is 2.10. The molecule has 0 aromatic carbocycles. The van der Waals surface area contributed by atoms with Crippen LogP contribution in [-0.2, 0) is 23.7 Å². The summed E-state index contributed by atoms with van der Waals surface area (Å²) in [7, 11) is 3.11. The van der Waals surface area contributed by atoms with E-state index in [1.807, 2.05) is 0 Å². The van der Waals surface area contributed by atoms with Crippen LogP contribution in [0.4, 0.5) is 4.79 Å². The maximum atomic E-state index is 11.6. The number of ether oxygens (including phenoxy) is 4. The number of nitrogens with one attached hydrogen (secondary N) is 2. The minimum atomic E-state index is -0.474. The van der Waals surface area contributed by atoms with Gasteiger partial charge in [0.05, 0.1) is 6.61 Å². The van der Waals surface area contributed by atoms with Gasteiger partial charge in [0.1, 0.15) is 12.7 Å². The van der Waals surface area contributed by atoms with Crippen molar-refractivity contribution in [2.75, 3.05) is 53.7 Å². The smallest absolute Gasteiger partial charge is 0.407 e. The molecule has 0 aliphatic rings. The summed E-state index contributed by atoms with van der Waals surface area (Å²) < 4.78 is 20.6. The predicted molar refractivity (Wildman–Crippen MR) is 104 cm³/mol. The molecule has 0 spiro atoms. The Bertz CT molecular complexity index is 368. The number of carbonyl (C=O) groups is 2. The molecule has 0 fully saturated rings. The molecule has 0 aliphatic carbocycles. The van der Waals surface area contributed by atoms with Crippen LogP contribution in [0.2, 0.25) is 0 Å². The largest absolute Gasteiger partial charge is 0.447 e. The van der Waals surface area contributed by atoms with Crippen LogP contribution >= 0.6 is 0 Å². The Morgan fingerprint density at radius 2 is 1.63 bits per heavy atom. The summed E-state index contributed by atoms with van der Waals surface area (Å²) in [5.41, 5.74) is 0. The SMILES string of the molecule is CCCCCNC(=O)CCCCOCCCNC(=O)OCC(COC)OC. The Labute approximate surface area is 163 Å². The van der Waals surface area contributed by atoms with Crippen molar-refractivity contribution in [3.8, 4) is 0 Å². The van der Waals surface area contributed by atoms with Crippen LogP contribution in [-0.4, -0.2) is 71.8 Å². The number of hydrogen-bond donors (Lipinski definition) is 2. The van der Waals surface area contributed by atoms with Crippen molar-refractivity contribution in [3.63, 3.8) is 0 Å². The first-order valence-corrected chi connectivity index (χ1v) is 9.90. The van der Waals surface area contributed by atoms with Crippen LogP contribution in [0.25, 0.3) is 0 Å². The summed E-state index contributed by atoms with van der Waals surface area (Å²) in [6, 6.07) is 0. The zero-order valence-electron chi connectivity index (χ0n) is 17.2. The van der Waals surface area contributed by atoms with Gasteiger partial charge >= 0.3 is 6.09 Å². The summed E-state index contributed by atoms with van der Waals surface area (Å²) in [6.07, 6.45) is 5.57. The molecule has 0 aromatic rings. The average molecular weight is 391 g/mol. The Balaban J connectivity index is 3.37. The molecule has 1 atom stereocenters. The molecule has 160 valence electrons. The lowest BCUT2D eigenvalue weighted by Crippen LogP contribution is -2.31. The minimum absolute atomic E-state index is 0.120. The van der Waals surface area contributed by atoms with Gasteiger partial charge in [-0.2, -0.15) is 0 Å². The number of amides is 2. The van der Waals surface area contributed by atoms with E-state index in [0.29, 0.717) is 39.2 Å². The lowest BCUT2D eigenvalue weighted by molar-refractivity contribution is -0.121. The van der Waals surface area contributed by atoms with E-state index >= 15 is 0 Å². The predicted octanol–water partition coefficient (Wildman–Crippen LogP) is 2.26. The molecule has 27 heavy (non-hydrogen) atoms. The monoisotopic (exact) mass is 390 g/mol. The summed E-state index contributed by atoms with van der Waals surface area (Å²) in [5, 5.41) is 5.59. The Morgan fingerprint density at radius 1 is 0.889 bits per heavy atom. The third-order valence-corrected chi connectivity index (χ3v) is 3.87. The lowest BCUT2D eigenvalue weighted by Gasteiger charge is -2.14. The molecule has 0 aliphatic heterocycles. The molecule has 0 saturated heterocycles. The first-order chi connectivity index (χ1) is 13.1. The van der Waals surface area contributed by atoms with Crippen molar-refractivity contribution in [2.24, 2.45) is 0 Å². The standard InChI is InChI=1S/C19H38N2O6/c1-4-5-7-11-20-18(22)10-6-8-13-26-14-9-12-21-19(23)27-16-17(25-3)15-24-2/h17H,4-16H2,1-3H3,(H,20,22)(H,21,23). The lowest BCUT2D eigenvalue weighted by atomic mass is 10.2. The number of carbonyl (C=O) groups excluding carboxylic acids is 2. The van der Waals surface area contributed by atoms with Crippen molar-refractivity contribution in [1.29, 1.82) is 0 Å². The van der Waals surface area contributed by atoms with Crippen LogP contribution in [0.3, 0.4) is 0 Å². The zero-order valence-corrected chi connectivity index (χ0v) is 17.2. The molecule has 2 N–H and O–H groups in total. The third-order valence-electron chi connectivity index (χ3n) is 3.87. The molecular formula is C19H38N2O6. The molecule has 1 unspecified atom stereocenters. The molecule has 8 nitrogen and oxygen atoms in total. The summed E-state index contributed by atoms with van der Waals surface area (Å²) in [4.78, 5) is 23.1. The molecular weight excluding hydrogens is 352 g/mol. The molecule has 0 rings (SSSR count). The van der Waals surface area contributed by atoms with Gasteiger partial charge in [-0.1, -0.05) is 19.8 Å². The van der Waals surface area contributed by atoms with Crippen molar-refractivity contribution in [2.45, 2.75) is 58.0 Å². The maximum Gasteiger partial charge on any atom is 0.407 e. The van der Waals surface area contributed by atoms with Crippen LogP contribution in [0.15, 0.2) is 0 Å². The van der Waals surface area contributed by atoms with Gasteiger partial charge in [0.15, 0.2) is 0 Å². The molecule has 8 heteroatoms. The maximum absolute atomic E-state index is 11.6. The number of methoxy groups -OCH3 is 2.